The second kappa shape index (κ2) is 12.2. The van der Waals surface area contributed by atoms with Crippen molar-refractivity contribution in [1.82, 2.24) is 0 Å². The van der Waals surface area contributed by atoms with E-state index in [9.17, 15) is 24.9 Å². The van der Waals surface area contributed by atoms with E-state index in [4.69, 9.17) is 14.6 Å². The molecule has 1 heterocycles. The highest BCUT2D eigenvalue weighted by Gasteiger charge is 2.66. The van der Waals surface area contributed by atoms with Crippen LogP contribution in [0.5, 0.6) is 0 Å². The molecule has 5 aliphatic carbocycles. The van der Waals surface area contributed by atoms with Crippen molar-refractivity contribution in [2.75, 3.05) is 13.2 Å². The van der Waals surface area contributed by atoms with Gasteiger partial charge in [0.05, 0.1) is 23.2 Å². The molecule has 0 spiro atoms. The molecule has 0 aromatic rings. The van der Waals surface area contributed by atoms with Gasteiger partial charge in [-0.05, 0) is 124 Å². The molecule has 1 aliphatic heterocycles. The van der Waals surface area contributed by atoms with E-state index in [1.807, 2.05) is 6.92 Å². The molecule has 0 amide bonds. The summed E-state index contributed by atoms with van der Waals surface area (Å²) < 4.78 is 11.6. The van der Waals surface area contributed by atoms with Gasteiger partial charge in [-0.1, -0.05) is 51.2 Å². The first kappa shape index (κ1) is 34.0. The van der Waals surface area contributed by atoms with Gasteiger partial charge in [0, 0.05) is 5.92 Å². The summed E-state index contributed by atoms with van der Waals surface area (Å²) in [6.45, 7) is 10.7. The Balaban J connectivity index is 1.24. The lowest BCUT2D eigenvalue weighted by atomic mass is 9.37. The maximum absolute atomic E-state index is 13.8. The van der Waals surface area contributed by atoms with Crippen LogP contribution in [0, 0.1) is 69.5 Å². The van der Waals surface area contributed by atoms with Crippen molar-refractivity contribution in [2.24, 2.45) is 57.7 Å². The minimum atomic E-state index is -1.04. The zero-order valence-corrected chi connectivity index (χ0v) is 28.5. The molecule has 4 saturated carbocycles. The summed E-state index contributed by atoms with van der Waals surface area (Å²) in [5, 5.41) is 41.8. The SMILES string of the molecule is CC1CCC2(C(=O)OCC#CCO)CCC3C(=CCC4C3(C)CCC3C4(C)CCC(CC4OC(C(=O)O)C(C)C4O)[C@@]3(C)O)C2C1. The van der Waals surface area contributed by atoms with E-state index in [-0.39, 0.29) is 47.8 Å². The standard InChI is InChI=1S/C38H56O8/c1-22-10-16-38(34(43)45-19-7-6-18-39)17-12-26-25(27(38)20-22)8-9-29-35(26,3)15-13-30-36(29,4)14-11-24(37(30,5)44)21-28-31(40)23(2)32(46-28)33(41)42/h8,22-24,26-32,39-40,44H,9-21H2,1-5H3,(H,41,42)/t22?,23?,24?,26?,27?,28?,29?,30?,31?,32?,35?,36?,37-,38?/m1/s1. The topological polar surface area (TPSA) is 134 Å². The van der Waals surface area contributed by atoms with Crippen LogP contribution >= 0.6 is 0 Å². The molecule has 0 radical (unpaired) electrons. The van der Waals surface area contributed by atoms with Gasteiger partial charge in [-0.25, -0.2) is 4.79 Å². The predicted molar refractivity (Wildman–Crippen MR) is 172 cm³/mol. The molecule has 5 fully saturated rings. The van der Waals surface area contributed by atoms with E-state index < -0.39 is 41.2 Å². The Morgan fingerprint density at radius 2 is 1.70 bits per heavy atom. The largest absolute Gasteiger partial charge is 0.479 e. The van der Waals surface area contributed by atoms with Crippen LogP contribution in [0.2, 0.25) is 0 Å². The van der Waals surface area contributed by atoms with Crippen LogP contribution in [0.3, 0.4) is 0 Å². The molecule has 4 N–H and O–H groups in total. The number of hydrogen-bond donors (Lipinski definition) is 4. The third-order valence-electron chi connectivity index (χ3n) is 14.7. The number of aliphatic hydroxyl groups is 3. The monoisotopic (exact) mass is 640 g/mol. The maximum Gasteiger partial charge on any atom is 0.333 e. The fraction of sp³-hybridized carbons (Fsp3) is 0.842. The first-order valence-electron chi connectivity index (χ1n) is 17.9. The molecule has 0 aromatic heterocycles. The molecule has 1 saturated heterocycles. The number of esters is 1. The fourth-order valence-electron chi connectivity index (χ4n) is 12.2. The first-order valence-corrected chi connectivity index (χ1v) is 17.9. The average molecular weight is 641 g/mol. The second-order valence-corrected chi connectivity index (χ2v) is 16.8. The lowest BCUT2D eigenvalue weighted by Gasteiger charge is -2.67. The number of hydrogen-bond acceptors (Lipinski definition) is 7. The van der Waals surface area contributed by atoms with Crippen molar-refractivity contribution in [1.29, 1.82) is 0 Å². The van der Waals surface area contributed by atoms with Crippen molar-refractivity contribution in [2.45, 2.75) is 129 Å². The summed E-state index contributed by atoms with van der Waals surface area (Å²) in [5.41, 5.74) is 0.0592. The zero-order chi connectivity index (χ0) is 33.2. The Morgan fingerprint density at radius 3 is 2.39 bits per heavy atom. The highest BCUT2D eigenvalue weighted by molar-refractivity contribution is 5.78. The fourth-order valence-corrected chi connectivity index (χ4v) is 12.2. The van der Waals surface area contributed by atoms with E-state index >= 15 is 0 Å². The third kappa shape index (κ3) is 5.18. The van der Waals surface area contributed by atoms with Crippen molar-refractivity contribution in [3.05, 3.63) is 11.6 Å². The Kier molecular flexibility index (Phi) is 9.01. The number of carbonyl (C=O) groups excluding carboxylic acids is 1. The Bertz CT molecular complexity index is 1290. The van der Waals surface area contributed by atoms with E-state index in [0.717, 1.165) is 64.2 Å². The quantitative estimate of drug-likeness (QED) is 0.185. The summed E-state index contributed by atoms with van der Waals surface area (Å²) in [4.78, 5) is 25.5. The molecule has 256 valence electrons. The Morgan fingerprint density at radius 1 is 0.978 bits per heavy atom. The summed E-state index contributed by atoms with van der Waals surface area (Å²) >= 11 is 0. The van der Waals surface area contributed by atoms with Crippen LogP contribution in [0.4, 0.5) is 0 Å². The number of allylic oxidation sites excluding steroid dienone is 2. The molecule has 13 unspecified atom stereocenters. The molecule has 6 rings (SSSR count). The number of rotatable bonds is 5. The number of fused-ring (bicyclic) bond motifs is 7. The highest BCUT2D eigenvalue weighted by Crippen LogP contribution is 2.71. The molecular formula is C38H56O8. The normalized spacial score (nSPS) is 49.6. The number of carboxylic acid groups (broad SMARTS) is 1. The van der Waals surface area contributed by atoms with Crippen LogP contribution in [0.1, 0.15) is 105 Å². The second-order valence-electron chi connectivity index (χ2n) is 16.8. The van der Waals surface area contributed by atoms with Crippen LogP contribution in [-0.2, 0) is 19.1 Å². The summed E-state index contributed by atoms with van der Waals surface area (Å²) in [6.07, 6.45) is 9.92. The van der Waals surface area contributed by atoms with Crippen LogP contribution in [-0.4, -0.2) is 69.5 Å². The van der Waals surface area contributed by atoms with Gasteiger partial charge in [-0.2, -0.15) is 0 Å². The van der Waals surface area contributed by atoms with E-state index in [1.54, 1.807) is 6.92 Å². The smallest absolute Gasteiger partial charge is 0.333 e. The van der Waals surface area contributed by atoms with Gasteiger partial charge >= 0.3 is 11.9 Å². The molecule has 46 heavy (non-hydrogen) atoms. The van der Waals surface area contributed by atoms with Gasteiger partial charge in [0.15, 0.2) is 12.7 Å². The number of carboxylic acids is 1. The molecule has 6 aliphatic rings. The van der Waals surface area contributed by atoms with Crippen molar-refractivity contribution in [3.8, 4) is 11.8 Å². The van der Waals surface area contributed by atoms with Crippen molar-refractivity contribution in [3.63, 3.8) is 0 Å². The maximum atomic E-state index is 13.8. The lowest BCUT2D eigenvalue weighted by molar-refractivity contribution is -0.213. The number of carbonyl (C=O) groups is 2. The highest BCUT2D eigenvalue weighted by atomic mass is 16.5. The Labute approximate surface area is 274 Å². The van der Waals surface area contributed by atoms with E-state index in [0.29, 0.717) is 24.2 Å². The van der Waals surface area contributed by atoms with Gasteiger partial charge < -0.3 is 29.9 Å². The first-order chi connectivity index (χ1) is 21.7. The lowest BCUT2D eigenvalue weighted by Crippen LogP contribution is -2.64. The zero-order valence-electron chi connectivity index (χ0n) is 28.5. The van der Waals surface area contributed by atoms with E-state index in [2.05, 4.69) is 38.7 Å². The molecule has 0 bridgehead atoms. The third-order valence-corrected chi connectivity index (χ3v) is 14.7. The predicted octanol–water partition coefficient (Wildman–Crippen LogP) is 5.13. The van der Waals surface area contributed by atoms with Crippen LogP contribution in [0.25, 0.3) is 0 Å². The van der Waals surface area contributed by atoms with Gasteiger partial charge in [0.25, 0.3) is 0 Å². The summed E-state index contributed by atoms with van der Waals surface area (Å²) in [7, 11) is 0. The number of ether oxygens (including phenoxy) is 2. The van der Waals surface area contributed by atoms with Crippen molar-refractivity contribution < 1.29 is 39.5 Å². The molecule has 0 aromatic carbocycles. The molecule has 8 nitrogen and oxygen atoms in total. The Hall–Kier alpha value is -1.92. The van der Waals surface area contributed by atoms with Crippen molar-refractivity contribution >= 4 is 11.9 Å². The molecule has 8 heteroatoms. The average Bonchev–Trinajstić information content (AvgIpc) is 3.29. The summed E-state index contributed by atoms with van der Waals surface area (Å²) in [6, 6.07) is 0. The van der Waals surface area contributed by atoms with E-state index in [1.165, 1.54) is 5.57 Å². The van der Waals surface area contributed by atoms with Gasteiger partial charge in [-0.15, -0.1) is 0 Å². The summed E-state index contributed by atoms with van der Waals surface area (Å²) in [5.74, 6) is 5.30. The molecule has 14 atom stereocenters. The van der Waals surface area contributed by atoms with Crippen LogP contribution < -0.4 is 0 Å². The van der Waals surface area contributed by atoms with Crippen LogP contribution in [0.15, 0.2) is 11.6 Å². The number of aliphatic carboxylic acids is 1. The van der Waals surface area contributed by atoms with Gasteiger partial charge in [-0.3, -0.25) is 4.79 Å². The molecular weight excluding hydrogens is 584 g/mol. The van der Waals surface area contributed by atoms with Gasteiger partial charge in [0.1, 0.15) is 6.61 Å². The minimum Gasteiger partial charge on any atom is -0.479 e. The van der Waals surface area contributed by atoms with Gasteiger partial charge in [0.2, 0.25) is 0 Å². The number of aliphatic hydroxyl groups excluding tert-OH is 2. The minimum absolute atomic E-state index is 0.0251.